The van der Waals surface area contributed by atoms with E-state index in [1.165, 1.54) is 0 Å². The summed E-state index contributed by atoms with van der Waals surface area (Å²) in [5.74, 6) is 0. The van der Waals surface area contributed by atoms with Crippen LogP contribution in [-0.4, -0.2) is 169 Å². The van der Waals surface area contributed by atoms with Gasteiger partial charge in [0.15, 0.2) is 0 Å². The molecule has 0 aromatic heterocycles. The summed E-state index contributed by atoms with van der Waals surface area (Å²) in [5, 5.41) is 0. The molecular formula is H20Al4O19S. The van der Waals surface area contributed by atoms with Crippen LogP contribution in [0.4, 0.5) is 0 Å². The number of hydrogen-bond acceptors (Lipinski definition) is 14. The van der Waals surface area contributed by atoms with Crippen molar-refractivity contribution in [1.82, 2.24) is 0 Å². The molecule has 0 saturated carbocycles. The predicted octanol–water partition coefficient (Wildman–Crippen LogP) is -8.75. The molecule has 0 saturated heterocycles. The summed E-state index contributed by atoms with van der Waals surface area (Å²) in [6, 6.07) is 0. The fraction of sp³-hybridized carbons (Fsp3) is 0. The van der Waals surface area contributed by atoms with Gasteiger partial charge in [0.05, 0.1) is 0 Å². The van der Waals surface area contributed by atoms with E-state index in [0.717, 1.165) is 0 Å². The van der Waals surface area contributed by atoms with Gasteiger partial charge in [0.25, 0.3) is 0 Å². The molecule has 0 spiro atoms. The van der Waals surface area contributed by atoms with Crippen molar-refractivity contribution in [2.24, 2.45) is 0 Å². The molecule has 20 N–H and O–H groups in total. The molecule has 0 aliphatic rings. The van der Waals surface area contributed by atoms with E-state index in [0.29, 0.717) is 0 Å². The first kappa shape index (κ1) is 519. The maximum Gasteiger partial charge on any atom is 3.00 e. The summed E-state index contributed by atoms with van der Waals surface area (Å²) in [6.45, 7) is 0. The molecule has 0 atom stereocenters. The van der Waals surface area contributed by atoms with Gasteiger partial charge < -0.3 is 91.2 Å². The zero-order valence-corrected chi connectivity index (χ0v) is 16.8. The topological polar surface area (TPSA) is 538 Å². The Morgan fingerprint density at radius 1 is 0.375 bits per heavy atom. The Balaban J connectivity index is -0.000000000468. The smallest absolute Gasteiger partial charge is 0.870 e. The van der Waals surface area contributed by atoms with E-state index in [2.05, 4.69) is 0 Å². The van der Waals surface area contributed by atoms with E-state index in [4.69, 9.17) is 17.5 Å². The third-order valence-electron chi connectivity index (χ3n) is 0. The number of hydrogen-bond donors (Lipinski definition) is 0. The van der Waals surface area contributed by atoms with Crippen molar-refractivity contribution < 1.29 is 99.7 Å². The van der Waals surface area contributed by atoms with Gasteiger partial charge in [-0.3, -0.25) is 8.42 Å². The van der Waals surface area contributed by atoms with Crippen molar-refractivity contribution in [2.45, 2.75) is 0 Å². The Bertz CT molecular complexity index is 105. The van der Waals surface area contributed by atoms with Crippen LogP contribution in [0, 0.1) is 0 Å². The van der Waals surface area contributed by atoms with Crippen LogP contribution in [0.2, 0.25) is 0 Å². The zero-order chi connectivity index (χ0) is 4.50. The van der Waals surface area contributed by atoms with E-state index in [1.54, 1.807) is 0 Å². The third-order valence-corrected chi connectivity index (χ3v) is 0. The summed E-state index contributed by atoms with van der Waals surface area (Å²) in [5.41, 5.74) is 0. The van der Waals surface area contributed by atoms with E-state index in [-0.39, 0.29) is 152 Å². The van der Waals surface area contributed by atoms with Gasteiger partial charge in [-0.05, 0) is 0 Å². The molecule has 152 valence electrons. The van der Waals surface area contributed by atoms with Gasteiger partial charge in [0.2, 0.25) is 0 Å². The molecule has 0 unspecified atom stereocenters. The second-order valence-electron chi connectivity index (χ2n) is 0.408. The van der Waals surface area contributed by atoms with E-state index >= 15 is 0 Å². The van der Waals surface area contributed by atoms with Crippen LogP contribution in [0.5, 0.6) is 0 Å². The average Bonchev–Trinajstić information content (AvgIpc) is 0.722. The standard InChI is InChI=1S/4Al.H2O4S.15H2O/c;;;;1-5(2,3)4;;;;;;;;;;;;;;;/h;;;;(H2,1,2,3,4);15*1H2/q4*+3;;;;;;;;;;;;;;;;/p-12. The Morgan fingerprint density at radius 2 is 0.375 bits per heavy atom. The molecule has 0 rings (SSSR count). The summed E-state index contributed by atoms with van der Waals surface area (Å²) in [6.07, 6.45) is 0. The first-order valence-electron chi connectivity index (χ1n) is 0.667. The molecule has 0 radical (unpaired) electrons. The largest absolute Gasteiger partial charge is 3.00 e. The predicted molar refractivity (Wildman–Crippen MR) is 70.9 cm³/mol. The molecule has 0 aliphatic heterocycles. The van der Waals surface area contributed by atoms with Crippen LogP contribution in [-0.2, 0) is 10.4 Å². The van der Waals surface area contributed by atoms with Crippen LogP contribution in [0.1, 0.15) is 0 Å². The number of rotatable bonds is 0. The Labute approximate surface area is 179 Å². The van der Waals surface area contributed by atoms with Gasteiger partial charge in [0, 0.05) is 10.4 Å². The van der Waals surface area contributed by atoms with Crippen molar-refractivity contribution in [2.75, 3.05) is 0 Å². The minimum Gasteiger partial charge on any atom is -0.870 e. The average molecular weight is 464 g/mol. The first-order valence-corrected chi connectivity index (χ1v) is 2.00. The molecule has 24 heteroatoms. The van der Waals surface area contributed by atoms with Gasteiger partial charge >= 0.3 is 69.4 Å². The molecule has 0 heterocycles. The second kappa shape index (κ2) is 244. The van der Waals surface area contributed by atoms with Crippen LogP contribution < -0.4 is 0 Å². The SMILES string of the molecule is O.O.O.O.O.O=S(=O)([O-])[O-].[Al+3].[Al+3].[Al+3].[Al+3].[OH-].[OH-].[OH-].[OH-].[OH-].[OH-].[OH-].[OH-].[OH-].[OH-]. The summed E-state index contributed by atoms with van der Waals surface area (Å²) in [4.78, 5) is 0. The second-order valence-corrected chi connectivity index (χ2v) is 1.22. The zero-order valence-electron chi connectivity index (χ0n) is 11.3. The molecule has 0 fully saturated rings. The Hall–Kier alpha value is 1.40. The quantitative estimate of drug-likeness (QED) is 0.182. The van der Waals surface area contributed by atoms with Crippen molar-refractivity contribution in [3.63, 3.8) is 0 Å². The summed E-state index contributed by atoms with van der Waals surface area (Å²) >= 11 is 0. The summed E-state index contributed by atoms with van der Waals surface area (Å²) < 4.78 is 34.1. The van der Waals surface area contributed by atoms with Gasteiger partial charge in [0.1, 0.15) is 0 Å². The molecule has 0 bridgehead atoms. The van der Waals surface area contributed by atoms with Crippen molar-refractivity contribution in [3.8, 4) is 0 Å². The van der Waals surface area contributed by atoms with E-state index < -0.39 is 10.4 Å². The minimum atomic E-state index is -5.17. The minimum absolute atomic E-state index is 0. The maximum absolute atomic E-state index is 8.52. The third kappa shape index (κ3) is 5990. The summed E-state index contributed by atoms with van der Waals surface area (Å²) in [7, 11) is -5.17. The monoisotopic (exact) mass is 464 g/mol. The van der Waals surface area contributed by atoms with Crippen LogP contribution >= 0.6 is 0 Å². The van der Waals surface area contributed by atoms with Gasteiger partial charge in [-0.2, -0.15) is 0 Å². The van der Waals surface area contributed by atoms with Crippen LogP contribution in [0.15, 0.2) is 0 Å². The Kier molecular flexibility index (Phi) is 5270. The normalized spacial score (nSPS) is 2.42. The molecule has 0 aliphatic carbocycles. The van der Waals surface area contributed by atoms with Crippen LogP contribution in [0.3, 0.4) is 0 Å². The van der Waals surface area contributed by atoms with Crippen molar-refractivity contribution >= 4 is 79.8 Å². The fourth-order valence-corrected chi connectivity index (χ4v) is 0. The molecule has 24 heavy (non-hydrogen) atoms. The van der Waals surface area contributed by atoms with Crippen molar-refractivity contribution in [3.05, 3.63) is 0 Å². The van der Waals surface area contributed by atoms with E-state index in [1.807, 2.05) is 0 Å². The van der Waals surface area contributed by atoms with Gasteiger partial charge in [-0.1, -0.05) is 0 Å². The molecule has 0 aromatic rings. The van der Waals surface area contributed by atoms with Crippen LogP contribution in [0.25, 0.3) is 0 Å². The van der Waals surface area contributed by atoms with Crippen molar-refractivity contribution in [1.29, 1.82) is 0 Å². The molecule has 0 amide bonds. The Morgan fingerprint density at radius 3 is 0.375 bits per heavy atom. The fourth-order valence-electron chi connectivity index (χ4n) is 0. The van der Waals surface area contributed by atoms with Gasteiger partial charge in [-0.15, -0.1) is 0 Å². The molecule has 0 aromatic carbocycles. The van der Waals surface area contributed by atoms with Gasteiger partial charge in [-0.25, -0.2) is 0 Å². The molecular weight excluding hydrogens is 444 g/mol. The maximum atomic E-state index is 8.52. The first-order chi connectivity index (χ1) is 2.00. The molecule has 19 nitrogen and oxygen atoms in total. The van der Waals surface area contributed by atoms with E-state index in [9.17, 15) is 0 Å².